The molecule has 7 heteroatoms. The van der Waals surface area contributed by atoms with Crippen molar-refractivity contribution in [1.82, 2.24) is 10.5 Å². The fourth-order valence-corrected chi connectivity index (χ4v) is 2.06. The summed E-state index contributed by atoms with van der Waals surface area (Å²) in [5, 5.41) is 15.7. The second-order valence-corrected chi connectivity index (χ2v) is 6.72. The molecule has 0 aliphatic carbocycles. The number of benzene rings is 1. The lowest BCUT2D eigenvalue weighted by molar-refractivity contribution is -0.144. The number of halogens is 1. The maximum atomic E-state index is 13.1. The lowest BCUT2D eigenvalue weighted by Gasteiger charge is -2.26. The average molecular weight is 334 g/mol. The molecule has 6 nitrogen and oxygen atoms in total. The molecule has 1 amide bonds. The van der Waals surface area contributed by atoms with Crippen molar-refractivity contribution >= 4 is 11.9 Å². The van der Waals surface area contributed by atoms with Gasteiger partial charge in [0.1, 0.15) is 11.6 Å². The third kappa shape index (κ3) is 3.45. The molecule has 24 heavy (non-hydrogen) atoms. The molecule has 1 unspecified atom stereocenters. The quantitative estimate of drug-likeness (QED) is 0.897. The third-order valence-corrected chi connectivity index (χ3v) is 3.69. The normalized spacial score (nSPS) is 14.0. The van der Waals surface area contributed by atoms with Gasteiger partial charge in [0.2, 0.25) is 0 Å². The fourth-order valence-electron chi connectivity index (χ4n) is 2.06. The van der Waals surface area contributed by atoms with E-state index in [1.54, 1.807) is 0 Å². The summed E-state index contributed by atoms with van der Waals surface area (Å²) in [5.74, 6) is -1.96. The van der Waals surface area contributed by atoms with Gasteiger partial charge in [-0.1, -0.05) is 38.1 Å². The van der Waals surface area contributed by atoms with Crippen LogP contribution in [0.15, 0.2) is 34.9 Å². The minimum absolute atomic E-state index is 0.0190. The molecule has 0 aliphatic rings. The predicted octanol–water partition coefficient (Wildman–Crippen LogP) is 2.84. The van der Waals surface area contributed by atoms with Crippen molar-refractivity contribution in [1.29, 1.82) is 0 Å². The molecule has 0 fully saturated rings. The van der Waals surface area contributed by atoms with Crippen LogP contribution in [-0.2, 0) is 15.7 Å². The molecule has 0 saturated heterocycles. The zero-order chi connectivity index (χ0) is 18.1. The van der Waals surface area contributed by atoms with Crippen LogP contribution < -0.4 is 5.32 Å². The van der Waals surface area contributed by atoms with E-state index in [-0.39, 0.29) is 16.7 Å². The summed E-state index contributed by atoms with van der Waals surface area (Å²) in [7, 11) is 0. The summed E-state index contributed by atoms with van der Waals surface area (Å²) >= 11 is 0. The summed E-state index contributed by atoms with van der Waals surface area (Å²) in [6.45, 7) is 7.02. The molecule has 1 aromatic carbocycles. The number of carbonyl (C=O) groups is 2. The first kappa shape index (κ1) is 17.7. The van der Waals surface area contributed by atoms with Crippen LogP contribution in [0.4, 0.5) is 4.39 Å². The highest BCUT2D eigenvalue weighted by molar-refractivity contribution is 5.96. The number of nitrogens with one attached hydrogen (secondary N) is 1. The molecule has 1 heterocycles. The minimum Gasteiger partial charge on any atom is -0.479 e. The average Bonchev–Trinajstić information content (AvgIpc) is 2.97. The first-order chi connectivity index (χ1) is 11.0. The van der Waals surface area contributed by atoms with E-state index in [9.17, 15) is 19.1 Å². The molecule has 2 rings (SSSR count). The van der Waals surface area contributed by atoms with Crippen LogP contribution >= 0.6 is 0 Å². The number of carbonyl (C=O) groups excluding carboxylic acids is 1. The molecule has 0 saturated carbocycles. The standard InChI is InChI=1S/C17H19FN2O4/c1-16(2,3)13-9-12(20-24-13)14(21)19-17(4,15(22)23)10-5-7-11(18)8-6-10/h5-9H,1-4H3,(H,19,21)(H,22,23). The van der Waals surface area contributed by atoms with E-state index in [2.05, 4.69) is 10.5 Å². The van der Waals surface area contributed by atoms with Crippen molar-refractivity contribution in [2.45, 2.75) is 38.6 Å². The summed E-state index contributed by atoms with van der Waals surface area (Å²) in [6.07, 6.45) is 0. The first-order valence-corrected chi connectivity index (χ1v) is 7.33. The van der Waals surface area contributed by atoms with E-state index >= 15 is 0 Å². The van der Waals surface area contributed by atoms with Crippen LogP contribution in [-0.4, -0.2) is 22.1 Å². The highest BCUT2D eigenvalue weighted by atomic mass is 19.1. The molecular formula is C17H19FN2O4. The molecule has 2 aromatic rings. The number of nitrogens with zero attached hydrogens (tertiary/aromatic N) is 1. The Morgan fingerprint density at radius 3 is 2.21 bits per heavy atom. The summed E-state index contributed by atoms with van der Waals surface area (Å²) in [6, 6.07) is 6.37. The van der Waals surface area contributed by atoms with Gasteiger partial charge in [0, 0.05) is 11.5 Å². The Bertz CT molecular complexity index is 762. The van der Waals surface area contributed by atoms with Crippen molar-refractivity contribution < 1.29 is 23.6 Å². The Morgan fingerprint density at radius 2 is 1.75 bits per heavy atom. The maximum absolute atomic E-state index is 13.1. The van der Waals surface area contributed by atoms with Gasteiger partial charge in [-0.25, -0.2) is 9.18 Å². The lowest BCUT2D eigenvalue weighted by atomic mass is 9.91. The Morgan fingerprint density at radius 1 is 1.17 bits per heavy atom. The van der Waals surface area contributed by atoms with E-state index in [0.29, 0.717) is 5.76 Å². The third-order valence-electron chi connectivity index (χ3n) is 3.69. The second kappa shape index (κ2) is 6.07. The smallest absolute Gasteiger partial charge is 0.333 e. The van der Waals surface area contributed by atoms with Crippen LogP contribution in [0, 0.1) is 5.82 Å². The van der Waals surface area contributed by atoms with E-state index in [4.69, 9.17) is 4.52 Å². The van der Waals surface area contributed by atoms with Gasteiger partial charge in [-0.3, -0.25) is 4.79 Å². The number of hydrogen-bond acceptors (Lipinski definition) is 4. The zero-order valence-corrected chi connectivity index (χ0v) is 13.9. The van der Waals surface area contributed by atoms with Crippen LogP contribution in [0.3, 0.4) is 0 Å². The number of carboxylic acids is 1. The minimum atomic E-state index is -1.73. The number of aliphatic carboxylic acids is 1. The van der Waals surface area contributed by atoms with Crippen molar-refractivity contribution in [2.24, 2.45) is 0 Å². The molecule has 0 bridgehead atoms. The summed E-state index contributed by atoms with van der Waals surface area (Å²) in [5.41, 5.74) is -1.84. The lowest BCUT2D eigenvalue weighted by Crippen LogP contribution is -2.49. The van der Waals surface area contributed by atoms with Gasteiger partial charge in [-0.05, 0) is 24.6 Å². The molecular weight excluding hydrogens is 315 g/mol. The van der Waals surface area contributed by atoms with Crippen LogP contribution in [0.2, 0.25) is 0 Å². The van der Waals surface area contributed by atoms with Crippen molar-refractivity contribution in [2.75, 3.05) is 0 Å². The maximum Gasteiger partial charge on any atom is 0.333 e. The summed E-state index contributed by atoms with van der Waals surface area (Å²) < 4.78 is 18.2. The largest absolute Gasteiger partial charge is 0.479 e. The number of carboxylic acid groups (broad SMARTS) is 1. The Balaban J connectivity index is 2.30. The van der Waals surface area contributed by atoms with Crippen LogP contribution in [0.25, 0.3) is 0 Å². The monoisotopic (exact) mass is 334 g/mol. The highest BCUT2D eigenvalue weighted by Gasteiger charge is 2.38. The Hall–Kier alpha value is -2.70. The van der Waals surface area contributed by atoms with Gasteiger partial charge < -0.3 is 14.9 Å². The predicted molar refractivity (Wildman–Crippen MR) is 84.1 cm³/mol. The molecule has 1 aromatic heterocycles. The van der Waals surface area contributed by atoms with E-state index in [0.717, 1.165) is 12.1 Å². The Labute approximate surface area is 138 Å². The molecule has 1 atom stereocenters. The van der Waals surface area contributed by atoms with Gasteiger partial charge in [0.15, 0.2) is 11.2 Å². The van der Waals surface area contributed by atoms with Crippen LogP contribution in [0.1, 0.15) is 49.5 Å². The number of hydrogen-bond donors (Lipinski definition) is 2. The first-order valence-electron chi connectivity index (χ1n) is 7.33. The molecule has 0 aliphatic heterocycles. The number of amides is 1. The van der Waals surface area contributed by atoms with Gasteiger partial charge in [0.05, 0.1) is 0 Å². The van der Waals surface area contributed by atoms with Gasteiger partial charge in [-0.2, -0.15) is 0 Å². The van der Waals surface area contributed by atoms with Gasteiger partial charge >= 0.3 is 5.97 Å². The summed E-state index contributed by atoms with van der Waals surface area (Å²) in [4.78, 5) is 24.1. The highest BCUT2D eigenvalue weighted by Crippen LogP contribution is 2.25. The SMILES string of the molecule is CC(C)(C)c1cc(C(=O)NC(C)(C(=O)O)c2ccc(F)cc2)no1. The van der Waals surface area contributed by atoms with Crippen molar-refractivity contribution in [3.63, 3.8) is 0 Å². The molecule has 0 radical (unpaired) electrons. The Kier molecular flexibility index (Phi) is 4.46. The van der Waals surface area contributed by atoms with E-state index in [1.807, 2.05) is 20.8 Å². The van der Waals surface area contributed by atoms with E-state index in [1.165, 1.54) is 25.1 Å². The van der Waals surface area contributed by atoms with Crippen LogP contribution in [0.5, 0.6) is 0 Å². The second-order valence-electron chi connectivity index (χ2n) is 6.72. The molecule has 128 valence electrons. The van der Waals surface area contributed by atoms with Crippen molar-refractivity contribution in [3.8, 4) is 0 Å². The number of rotatable bonds is 4. The van der Waals surface area contributed by atoms with Crippen molar-refractivity contribution in [3.05, 3.63) is 53.2 Å². The zero-order valence-electron chi connectivity index (χ0n) is 13.9. The van der Waals surface area contributed by atoms with Gasteiger partial charge in [0.25, 0.3) is 5.91 Å². The molecule has 2 N–H and O–H groups in total. The topological polar surface area (TPSA) is 92.4 Å². The fraction of sp³-hybridized carbons (Fsp3) is 0.353. The van der Waals surface area contributed by atoms with E-state index < -0.39 is 23.2 Å². The number of aromatic nitrogens is 1. The molecule has 0 spiro atoms. The van der Waals surface area contributed by atoms with Gasteiger partial charge in [-0.15, -0.1) is 0 Å².